The van der Waals surface area contributed by atoms with Gasteiger partial charge in [-0.2, -0.15) is 5.09 Å². The molecule has 0 bridgehead atoms. The number of nitrogens with one attached hydrogen (secondary N) is 2. The molecule has 15 heteroatoms. The number of aliphatic hydroxyl groups is 2. The van der Waals surface area contributed by atoms with Crippen molar-refractivity contribution in [3.63, 3.8) is 0 Å². The van der Waals surface area contributed by atoms with E-state index in [0.717, 1.165) is 4.57 Å². The predicted octanol–water partition coefficient (Wildman–Crippen LogP) is 3.33. The van der Waals surface area contributed by atoms with Gasteiger partial charge in [-0.1, -0.05) is 36.3 Å². The molecule has 11 nitrogen and oxygen atoms in total. The minimum absolute atomic E-state index is 0.0670. The Hall–Kier alpha value is -2.47. The maximum atomic E-state index is 16.0. The summed E-state index contributed by atoms with van der Waals surface area (Å²) in [5.41, 5.74) is -2.63. The van der Waals surface area contributed by atoms with Crippen molar-refractivity contribution in [1.29, 1.82) is 0 Å². The molecule has 3 rings (SSSR count). The maximum absolute atomic E-state index is 16.0. The van der Waals surface area contributed by atoms with Gasteiger partial charge < -0.3 is 29.2 Å². The molecule has 6 atom stereocenters. The lowest BCUT2D eigenvalue weighted by Crippen LogP contribution is -2.50. The number of hydrogen-bond donors (Lipinski definition) is 4. The van der Waals surface area contributed by atoms with Gasteiger partial charge in [0.25, 0.3) is 5.85 Å². The SMILES string of the molecule is C#CC1(O)C(n2ccc(=S)[nH]c2=S)OC(F)(COP(=O)(NC(C)C(=O)OC(C)C)Oc2ccccc2)C1O. The van der Waals surface area contributed by atoms with Crippen LogP contribution < -0.4 is 9.61 Å². The highest BCUT2D eigenvalue weighted by Crippen LogP contribution is 2.50. The van der Waals surface area contributed by atoms with E-state index >= 15 is 4.39 Å². The van der Waals surface area contributed by atoms with E-state index in [1.165, 1.54) is 31.3 Å². The van der Waals surface area contributed by atoms with Crippen LogP contribution in [0.15, 0.2) is 42.6 Å². The summed E-state index contributed by atoms with van der Waals surface area (Å²) in [6, 6.07) is 7.93. The van der Waals surface area contributed by atoms with Crippen LogP contribution in [0, 0.1) is 21.8 Å². The summed E-state index contributed by atoms with van der Waals surface area (Å²) < 4.78 is 52.1. The fraction of sp³-hybridized carbons (Fsp3) is 0.435. The van der Waals surface area contributed by atoms with Crippen molar-refractivity contribution in [3.05, 3.63) is 52.0 Å². The first-order valence-electron chi connectivity index (χ1n) is 11.3. The molecule has 0 amide bonds. The third-order valence-electron chi connectivity index (χ3n) is 5.30. The number of nitrogens with zero attached hydrogens (tertiary/aromatic N) is 1. The predicted molar refractivity (Wildman–Crippen MR) is 139 cm³/mol. The summed E-state index contributed by atoms with van der Waals surface area (Å²) >= 11 is 10.2. The first-order chi connectivity index (χ1) is 17.7. The molecule has 0 radical (unpaired) electrons. The van der Waals surface area contributed by atoms with Gasteiger partial charge in [-0.25, -0.2) is 8.96 Å². The summed E-state index contributed by atoms with van der Waals surface area (Å²) in [6.45, 7) is 3.35. The van der Waals surface area contributed by atoms with Crippen LogP contribution in [0.5, 0.6) is 5.75 Å². The smallest absolute Gasteiger partial charge is 0.459 e. The van der Waals surface area contributed by atoms with E-state index in [1.807, 2.05) is 5.92 Å². The van der Waals surface area contributed by atoms with Gasteiger partial charge in [0, 0.05) is 6.20 Å². The van der Waals surface area contributed by atoms with Gasteiger partial charge in [0.05, 0.1) is 6.10 Å². The Bertz CT molecular complexity index is 1370. The van der Waals surface area contributed by atoms with Gasteiger partial charge >= 0.3 is 13.7 Å². The number of rotatable bonds is 10. The number of carbonyl (C=O) groups is 1. The van der Waals surface area contributed by atoms with Crippen molar-refractivity contribution in [2.45, 2.75) is 56.7 Å². The second-order valence-corrected chi connectivity index (χ2v) is 11.2. The van der Waals surface area contributed by atoms with Gasteiger partial charge in [0.2, 0.25) is 5.60 Å². The summed E-state index contributed by atoms with van der Waals surface area (Å²) in [5, 5.41) is 24.1. The molecule has 1 aliphatic heterocycles. The van der Waals surface area contributed by atoms with E-state index in [9.17, 15) is 19.6 Å². The van der Waals surface area contributed by atoms with E-state index in [-0.39, 0.29) is 15.2 Å². The summed E-state index contributed by atoms with van der Waals surface area (Å²) in [7, 11) is -4.54. The number of hydrogen-bond acceptors (Lipinski definition) is 10. The Kier molecular flexibility index (Phi) is 9.28. The van der Waals surface area contributed by atoms with Crippen LogP contribution in [-0.2, 0) is 23.4 Å². The summed E-state index contributed by atoms with van der Waals surface area (Å²) in [5.74, 6) is -1.97. The number of halogens is 1. The third-order valence-corrected chi connectivity index (χ3v) is 7.48. The molecule has 6 unspecified atom stereocenters. The normalized spacial score (nSPS) is 27.3. The highest BCUT2D eigenvalue weighted by molar-refractivity contribution is 7.72. The van der Waals surface area contributed by atoms with Crippen LogP contribution in [0.3, 0.4) is 0 Å². The van der Waals surface area contributed by atoms with Crippen molar-refractivity contribution in [2.24, 2.45) is 0 Å². The van der Waals surface area contributed by atoms with Crippen molar-refractivity contribution in [2.75, 3.05) is 6.61 Å². The fourth-order valence-electron chi connectivity index (χ4n) is 3.45. The standard InChI is InChI=1S/C23H27FN3O8PS2/c1-5-22(30)19(29)23(24,34-20(22)27-12-11-17(37)25-21(27)38)13-32-36(31,35-16-9-7-6-8-10-16)26-15(4)18(28)33-14(2)3/h1,6-12,14-15,19-20,29-30H,13H2,2-4H3,(H,26,31)(H,25,37,38). The lowest BCUT2D eigenvalue weighted by atomic mass is 9.94. The molecule has 1 fully saturated rings. The molecule has 2 aromatic rings. The summed E-state index contributed by atoms with van der Waals surface area (Å²) in [4.78, 5) is 14.9. The molecule has 0 saturated carbocycles. The molecule has 4 N–H and O–H groups in total. The first kappa shape index (κ1) is 30.1. The van der Waals surface area contributed by atoms with Crippen molar-refractivity contribution < 1.29 is 42.5 Å². The molecule has 0 aliphatic carbocycles. The number of H-pyrrole nitrogens is 1. The molecule has 1 aromatic heterocycles. The zero-order chi connectivity index (χ0) is 28.3. The number of benzene rings is 1. The minimum atomic E-state index is -4.54. The maximum Gasteiger partial charge on any atom is 0.459 e. The highest BCUT2D eigenvalue weighted by atomic mass is 32.1. The molecule has 0 spiro atoms. The van der Waals surface area contributed by atoms with Crippen LogP contribution in [0.2, 0.25) is 0 Å². The molecule has 38 heavy (non-hydrogen) atoms. The molecular weight excluding hydrogens is 560 g/mol. The zero-order valence-corrected chi connectivity index (χ0v) is 23.1. The molecule has 206 valence electrons. The van der Waals surface area contributed by atoms with E-state index < -0.39 is 56.3 Å². The Morgan fingerprint density at radius 2 is 2.00 bits per heavy atom. The lowest BCUT2D eigenvalue weighted by Gasteiger charge is -2.28. The molecule has 1 saturated heterocycles. The first-order valence-corrected chi connectivity index (χ1v) is 13.6. The largest absolute Gasteiger partial charge is 0.462 e. The lowest BCUT2D eigenvalue weighted by molar-refractivity contribution is -0.203. The number of alkyl halides is 1. The van der Waals surface area contributed by atoms with Crippen LogP contribution in [-0.4, -0.2) is 62.0 Å². The van der Waals surface area contributed by atoms with Gasteiger partial charge in [0.1, 0.15) is 23.0 Å². The molecular formula is C23H27FN3O8PS2. The van der Waals surface area contributed by atoms with Crippen molar-refractivity contribution >= 4 is 38.2 Å². The van der Waals surface area contributed by atoms with Gasteiger partial charge in [-0.15, -0.1) is 6.42 Å². The highest BCUT2D eigenvalue weighted by Gasteiger charge is 2.65. The average molecular weight is 588 g/mol. The van der Waals surface area contributed by atoms with Gasteiger partial charge in [-0.05, 0) is 51.2 Å². The summed E-state index contributed by atoms with van der Waals surface area (Å²) in [6.07, 6.45) is 2.16. The van der Waals surface area contributed by atoms with Crippen LogP contribution >= 0.6 is 32.2 Å². The Morgan fingerprint density at radius 1 is 1.34 bits per heavy atom. The van der Waals surface area contributed by atoms with Gasteiger partial charge in [0.15, 0.2) is 17.1 Å². The van der Waals surface area contributed by atoms with Crippen molar-refractivity contribution in [3.8, 4) is 18.1 Å². The number of esters is 1. The minimum Gasteiger partial charge on any atom is -0.462 e. The average Bonchev–Trinajstić information content (AvgIpc) is 3.05. The quantitative estimate of drug-likeness (QED) is 0.141. The molecule has 2 heterocycles. The van der Waals surface area contributed by atoms with Crippen LogP contribution in [0.1, 0.15) is 27.0 Å². The third kappa shape index (κ3) is 6.56. The Labute approximate surface area is 228 Å². The Morgan fingerprint density at radius 3 is 2.58 bits per heavy atom. The molecule has 1 aromatic carbocycles. The number of para-hydroxylation sites is 1. The number of aromatic nitrogens is 2. The van der Waals surface area contributed by atoms with E-state index in [1.54, 1.807) is 32.0 Å². The second kappa shape index (κ2) is 11.7. The fourth-order valence-corrected chi connectivity index (χ4v) is 5.45. The number of aromatic amines is 1. The van der Waals surface area contributed by atoms with E-state index in [4.69, 9.17) is 49.4 Å². The molecule has 1 aliphatic rings. The Balaban J connectivity index is 1.90. The van der Waals surface area contributed by atoms with Crippen LogP contribution in [0.4, 0.5) is 4.39 Å². The number of ether oxygens (including phenoxy) is 2. The van der Waals surface area contributed by atoms with Gasteiger partial charge in [-0.3, -0.25) is 13.9 Å². The monoisotopic (exact) mass is 587 g/mol. The number of terminal acetylenes is 1. The zero-order valence-electron chi connectivity index (χ0n) is 20.6. The topological polar surface area (TPSA) is 144 Å². The number of carbonyl (C=O) groups excluding carboxylic acids is 1. The number of aliphatic hydroxyl groups excluding tert-OH is 1. The van der Waals surface area contributed by atoms with E-state index in [2.05, 4.69) is 10.1 Å². The van der Waals surface area contributed by atoms with Crippen LogP contribution in [0.25, 0.3) is 0 Å². The second-order valence-electron chi connectivity index (χ2n) is 8.66. The van der Waals surface area contributed by atoms with Crippen molar-refractivity contribution in [1.82, 2.24) is 14.6 Å². The van der Waals surface area contributed by atoms with E-state index in [0.29, 0.717) is 0 Å².